The van der Waals surface area contributed by atoms with E-state index in [0.717, 1.165) is 19.5 Å². The molecule has 0 fully saturated rings. The van der Waals surface area contributed by atoms with Crippen LogP contribution in [0.25, 0.3) is 0 Å². The molecule has 0 aliphatic rings. The number of alkyl halides is 1. The van der Waals surface area contributed by atoms with Gasteiger partial charge in [0, 0.05) is 6.54 Å². The van der Waals surface area contributed by atoms with Gasteiger partial charge in [0.2, 0.25) is 0 Å². The van der Waals surface area contributed by atoms with Crippen LogP contribution in [-0.2, 0) is 0 Å². The minimum absolute atomic E-state index is 0.782. The first-order chi connectivity index (χ1) is 5.22. The van der Waals surface area contributed by atoms with E-state index in [0.29, 0.717) is 0 Å². The fourth-order valence-corrected chi connectivity index (χ4v) is 0.875. The van der Waals surface area contributed by atoms with Gasteiger partial charge in [-0.25, -0.2) is 4.39 Å². The zero-order valence-corrected chi connectivity index (χ0v) is 8.52. The van der Waals surface area contributed by atoms with E-state index < -0.39 is 6.30 Å². The lowest BCUT2D eigenvalue weighted by Crippen LogP contribution is -2.30. The number of hydrogen-bond acceptors (Lipinski definition) is 1. The van der Waals surface area contributed by atoms with Crippen molar-refractivity contribution in [2.45, 2.75) is 47.3 Å². The first-order valence-corrected chi connectivity index (χ1v) is 4.60. The van der Waals surface area contributed by atoms with Gasteiger partial charge in [-0.3, -0.25) is 4.90 Å². The van der Waals surface area contributed by atoms with Gasteiger partial charge in [-0.2, -0.15) is 0 Å². The van der Waals surface area contributed by atoms with E-state index in [2.05, 4.69) is 6.92 Å². The molecule has 0 saturated heterocycles. The molecule has 0 radical (unpaired) electrons. The zero-order chi connectivity index (χ0) is 9.28. The third-order valence-electron chi connectivity index (χ3n) is 1.42. The van der Waals surface area contributed by atoms with Crippen LogP contribution in [0.2, 0.25) is 0 Å². The average molecular weight is 163 g/mol. The van der Waals surface area contributed by atoms with Crippen molar-refractivity contribution in [3.63, 3.8) is 0 Å². The van der Waals surface area contributed by atoms with Gasteiger partial charge in [-0.1, -0.05) is 27.7 Å². The summed E-state index contributed by atoms with van der Waals surface area (Å²) in [7, 11) is 0. The van der Waals surface area contributed by atoms with Crippen LogP contribution in [0.4, 0.5) is 4.39 Å². The molecular weight excluding hydrogens is 141 g/mol. The number of nitrogens with zero attached hydrogens (tertiary/aromatic N) is 1. The normalized spacial score (nSPS) is 12.3. The van der Waals surface area contributed by atoms with Crippen molar-refractivity contribution >= 4 is 0 Å². The summed E-state index contributed by atoms with van der Waals surface area (Å²) < 4.78 is 12.5. The Bertz CT molecular complexity index is 64.6. The lowest BCUT2D eigenvalue weighted by Gasteiger charge is -2.20. The first-order valence-electron chi connectivity index (χ1n) is 4.60. The summed E-state index contributed by atoms with van der Waals surface area (Å²) in [5, 5.41) is 0. The highest BCUT2D eigenvalue weighted by Crippen LogP contribution is 1.99. The summed E-state index contributed by atoms with van der Waals surface area (Å²) in [6.07, 6.45) is 0.247. The lowest BCUT2D eigenvalue weighted by molar-refractivity contribution is 0.104. The van der Waals surface area contributed by atoms with Crippen molar-refractivity contribution in [3.05, 3.63) is 0 Å². The highest BCUT2D eigenvalue weighted by atomic mass is 19.1. The Balaban J connectivity index is 0. The molecule has 0 aliphatic heterocycles. The fourth-order valence-electron chi connectivity index (χ4n) is 0.875. The second kappa shape index (κ2) is 9.89. The molecule has 0 aromatic carbocycles. The molecule has 0 aliphatic carbocycles. The van der Waals surface area contributed by atoms with Gasteiger partial charge in [0.25, 0.3) is 0 Å². The second-order valence-electron chi connectivity index (χ2n) is 2.20. The van der Waals surface area contributed by atoms with Crippen LogP contribution >= 0.6 is 0 Å². The molecule has 0 aromatic rings. The Labute approximate surface area is 70.6 Å². The molecule has 70 valence electrons. The molecule has 0 bridgehead atoms. The van der Waals surface area contributed by atoms with Gasteiger partial charge in [-0.05, 0) is 19.9 Å². The molecule has 0 amide bonds. The molecule has 1 unspecified atom stereocenters. The van der Waals surface area contributed by atoms with Crippen LogP contribution in [0.1, 0.15) is 41.0 Å². The molecule has 1 nitrogen and oxygen atoms in total. The standard InChI is InChI=1S/C7H16FN.C2H6/c1-4-6-9(5-2)7(3)8;1-2/h7H,4-6H2,1-3H3;1-2H3. The minimum Gasteiger partial charge on any atom is -0.275 e. The summed E-state index contributed by atoms with van der Waals surface area (Å²) in [6, 6.07) is 0. The molecule has 0 heterocycles. The van der Waals surface area contributed by atoms with Crippen LogP contribution < -0.4 is 0 Å². The van der Waals surface area contributed by atoms with Crippen molar-refractivity contribution in [1.82, 2.24) is 4.90 Å². The topological polar surface area (TPSA) is 3.24 Å². The Kier molecular flexibility index (Phi) is 12.1. The van der Waals surface area contributed by atoms with E-state index >= 15 is 0 Å². The largest absolute Gasteiger partial charge is 0.275 e. The third-order valence-corrected chi connectivity index (χ3v) is 1.42. The third kappa shape index (κ3) is 7.79. The smallest absolute Gasteiger partial charge is 0.150 e. The van der Waals surface area contributed by atoms with E-state index in [1.54, 1.807) is 11.8 Å². The van der Waals surface area contributed by atoms with Gasteiger partial charge < -0.3 is 0 Å². The minimum atomic E-state index is -0.782. The van der Waals surface area contributed by atoms with E-state index in [-0.39, 0.29) is 0 Å². The van der Waals surface area contributed by atoms with Gasteiger partial charge in [0.15, 0.2) is 6.30 Å². The molecular formula is C9H22FN. The number of halogens is 1. The van der Waals surface area contributed by atoms with Crippen molar-refractivity contribution in [2.75, 3.05) is 13.1 Å². The molecule has 0 N–H and O–H groups in total. The summed E-state index contributed by atoms with van der Waals surface area (Å²) in [4.78, 5) is 1.81. The molecule has 0 saturated carbocycles. The summed E-state index contributed by atoms with van der Waals surface area (Å²) in [6.45, 7) is 11.3. The molecule has 0 spiro atoms. The Hall–Kier alpha value is -0.110. The van der Waals surface area contributed by atoms with Crippen molar-refractivity contribution in [2.24, 2.45) is 0 Å². The van der Waals surface area contributed by atoms with Gasteiger partial charge in [-0.15, -0.1) is 0 Å². The highest BCUT2D eigenvalue weighted by Gasteiger charge is 2.06. The van der Waals surface area contributed by atoms with Crippen molar-refractivity contribution < 1.29 is 4.39 Å². The molecule has 0 aromatic heterocycles. The SMILES string of the molecule is CC.CCCN(CC)C(C)F. The zero-order valence-electron chi connectivity index (χ0n) is 8.52. The maximum Gasteiger partial charge on any atom is 0.150 e. The van der Waals surface area contributed by atoms with E-state index in [1.165, 1.54) is 0 Å². The maximum atomic E-state index is 12.5. The van der Waals surface area contributed by atoms with Crippen molar-refractivity contribution in [3.8, 4) is 0 Å². The predicted octanol–water partition coefficient (Wildman–Crippen LogP) is 3.06. The quantitative estimate of drug-likeness (QED) is 0.576. The summed E-state index contributed by atoms with van der Waals surface area (Å²) in [5.41, 5.74) is 0. The van der Waals surface area contributed by atoms with E-state index in [4.69, 9.17) is 0 Å². The first kappa shape index (κ1) is 13.5. The predicted molar refractivity (Wildman–Crippen MR) is 49.5 cm³/mol. The average Bonchev–Trinajstić information content (AvgIpc) is 2.03. The van der Waals surface area contributed by atoms with E-state index in [1.807, 2.05) is 20.8 Å². The van der Waals surface area contributed by atoms with Gasteiger partial charge >= 0.3 is 0 Å². The maximum absolute atomic E-state index is 12.5. The van der Waals surface area contributed by atoms with Crippen LogP contribution in [0, 0.1) is 0 Å². The van der Waals surface area contributed by atoms with Crippen LogP contribution in [-0.4, -0.2) is 24.3 Å². The van der Waals surface area contributed by atoms with Crippen LogP contribution in [0.3, 0.4) is 0 Å². The second-order valence-corrected chi connectivity index (χ2v) is 2.20. The Morgan fingerprint density at radius 1 is 1.27 bits per heavy atom. The molecule has 11 heavy (non-hydrogen) atoms. The number of hydrogen-bond donors (Lipinski definition) is 0. The van der Waals surface area contributed by atoms with Crippen molar-refractivity contribution in [1.29, 1.82) is 0 Å². The van der Waals surface area contributed by atoms with Crippen LogP contribution in [0.15, 0.2) is 0 Å². The van der Waals surface area contributed by atoms with Gasteiger partial charge in [0.1, 0.15) is 0 Å². The molecule has 0 rings (SSSR count). The van der Waals surface area contributed by atoms with Crippen LogP contribution in [0.5, 0.6) is 0 Å². The molecule has 2 heteroatoms. The molecule has 1 atom stereocenters. The van der Waals surface area contributed by atoms with E-state index in [9.17, 15) is 4.39 Å². The fraction of sp³-hybridized carbons (Fsp3) is 1.00. The number of rotatable bonds is 4. The Morgan fingerprint density at radius 3 is 1.82 bits per heavy atom. The highest BCUT2D eigenvalue weighted by molar-refractivity contribution is 4.53. The lowest BCUT2D eigenvalue weighted by atomic mass is 10.4. The summed E-state index contributed by atoms with van der Waals surface area (Å²) >= 11 is 0. The summed E-state index contributed by atoms with van der Waals surface area (Å²) in [5.74, 6) is 0. The van der Waals surface area contributed by atoms with Gasteiger partial charge in [0.05, 0.1) is 0 Å². The Morgan fingerprint density at radius 2 is 1.73 bits per heavy atom. The monoisotopic (exact) mass is 163 g/mol.